The van der Waals surface area contributed by atoms with Gasteiger partial charge in [-0.2, -0.15) is 0 Å². The van der Waals surface area contributed by atoms with Crippen molar-refractivity contribution in [2.24, 2.45) is 57.7 Å². The van der Waals surface area contributed by atoms with Gasteiger partial charge >= 0.3 is 5.97 Å². The molecule has 37 heavy (non-hydrogen) atoms. The zero-order valence-corrected chi connectivity index (χ0v) is 23.9. The third-order valence-corrected chi connectivity index (χ3v) is 13.1. The smallest absolute Gasteiger partial charge is 0.335 e. The highest BCUT2D eigenvalue weighted by Gasteiger charge is 2.63. The van der Waals surface area contributed by atoms with E-state index in [9.17, 15) is 9.90 Å². The van der Waals surface area contributed by atoms with Crippen LogP contribution in [0.25, 0.3) is 5.57 Å². The van der Waals surface area contributed by atoms with E-state index in [0.717, 1.165) is 35.5 Å². The number of allylic oxidation sites excluding steroid dienone is 3. The van der Waals surface area contributed by atoms with Crippen molar-refractivity contribution in [1.82, 2.24) is 0 Å². The highest BCUT2D eigenvalue weighted by atomic mass is 16.4. The molecule has 0 saturated heterocycles. The molecule has 0 amide bonds. The molecule has 0 aromatic heterocycles. The van der Waals surface area contributed by atoms with Gasteiger partial charge in [-0.05, 0) is 146 Å². The molecule has 5 aliphatic rings. The normalized spacial score (nSPS) is 44.0. The van der Waals surface area contributed by atoms with Crippen LogP contribution in [0.5, 0.6) is 0 Å². The lowest BCUT2D eigenvalue weighted by Crippen LogP contribution is -2.59. The van der Waals surface area contributed by atoms with Gasteiger partial charge in [-0.1, -0.05) is 58.1 Å². The van der Waals surface area contributed by atoms with Gasteiger partial charge in [-0.15, -0.1) is 0 Å². The highest BCUT2D eigenvalue weighted by Crippen LogP contribution is 2.72. The van der Waals surface area contributed by atoms with Crippen LogP contribution in [0.15, 0.2) is 42.5 Å². The van der Waals surface area contributed by atoms with Gasteiger partial charge in [-0.3, -0.25) is 0 Å². The highest BCUT2D eigenvalue weighted by molar-refractivity contribution is 5.88. The number of rotatable bonds is 3. The minimum atomic E-state index is -0.848. The van der Waals surface area contributed by atoms with Gasteiger partial charge in [0.25, 0.3) is 0 Å². The quantitative estimate of drug-likeness (QED) is 0.420. The lowest BCUT2D eigenvalue weighted by molar-refractivity contribution is -0.162. The van der Waals surface area contributed by atoms with E-state index in [1.807, 2.05) is 12.1 Å². The summed E-state index contributed by atoms with van der Waals surface area (Å²) >= 11 is 0. The van der Waals surface area contributed by atoms with Crippen LogP contribution >= 0.6 is 0 Å². The summed E-state index contributed by atoms with van der Waals surface area (Å²) in [6.07, 6.45) is 15.0. The van der Waals surface area contributed by atoms with E-state index < -0.39 is 5.97 Å². The molecule has 0 aliphatic heterocycles. The number of hydrogen-bond donors (Lipinski definition) is 1. The van der Waals surface area contributed by atoms with E-state index in [1.54, 1.807) is 12.1 Å². The van der Waals surface area contributed by atoms with Crippen molar-refractivity contribution in [3.8, 4) is 0 Å². The standard InChI is InChI=1S/C35H48O2/c1-21(2)25-12-11-23-17-19-34(5)27-15-16-30-33(3,4)26(22-7-9-24(10-8-22)32(36)37)18-20-35(30,6)28(27)13-14-29(34)31(23)25/h7-10,18,23,25,27-31H,1,11-17,19-20H2,2-6H3,(H,36,37)/t23?,25-,27?,28-,29?,30-,31+,34-,35+/m0/s1. The second kappa shape index (κ2) is 8.59. The number of fused-ring (bicyclic) bond motifs is 7. The Balaban J connectivity index is 1.31. The van der Waals surface area contributed by atoms with Crippen LogP contribution in [0.3, 0.4) is 0 Å². The third kappa shape index (κ3) is 3.60. The number of carboxylic acid groups (broad SMARTS) is 1. The van der Waals surface area contributed by atoms with Crippen LogP contribution in [0.2, 0.25) is 0 Å². The largest absolute Gasteiger partial charge is 0.478 e. The summed E-state index contributed by atoms with van der Waals surface area (Å²) in [4.78, 5) is 11.4. The summed E-state index contributed by atoms with van der Waals surface area (Å²) in [6, 6.07) is 7.63. The molecular formula is C35H48O2. The Morgan fingerprint density at radius 3 is 2.19 bits per heavy atom. The van der Waals surface area contributed by atoms with Gasteiger partial charge in [0, 0.05) is 0 Å². The van der Waals surface area contributed by atoms with Crippen LogP contribution in [0.1, 0.15) is 108 Å². The van der Waals surface area contributed by atoms with E-state index in [1.165, 1.54) is 74.5 Å². The van der Waals surface area contributed by atoms with Crippen molar-refractivity contribution in [2.45, 2.75) is 92.4 Å². The molecule has 5 aliphatic carbocycles. The maximum absolute atomic E-state index is 11.4. The number of carboxylic acids is 1. The first-order valence-electron chi connectivity index (χ1n) is 15.2. The Morgan fingerprint density at radius 1 is 0.865 bits per heavy atom. The molecule has 2 nitrogen and oxygen atoms in total. The maximum atomic E-state index is 11.4. The van der Waals surface area contributed by atoms with Crippen LogP contribution in [-0.4, -0.2) is 11.1 Å². The average molecular weight is 501 g/mol. The van der Waals surface area contributed by atoms with Crippen molar-refractivity contribution in [2.75, 3.05) is 0 Å². The molecule has 1 N–H and O–H groups in total. The van der Waals surface area contributed by atoms with Crippen molar-refractivity contribution in [3.63, 3.8) is 0 Å². The second-order valence-corrected chi connectivity index (χ2v) is 14.9. The Bertz CT molecular complexity index is 1120. The first kappa shape index (κ1) is 25.4. The molecule has 3 unspecified atom stereocenters. The van der Waals surface area contributed by atoms with E-state index in [0.29, 0.717) is 22.3 Å². The van der Waals surface area contributed by atoms with Crippen LogP contribution in [-0.2, 0) is 0 Å². The van der Waals surface area contributed by atoms with E-state index >= 15 is 0 Å². The summed E-state index contributed by atoms with van der Waals surface area (Å²) in [5.74, 6) is 5.02. The third-order valence-electron chi connectivity index (χ3n) is 13.1. The van der Waals surface area contributed by atoms with Gasteiger partial charge in [0.15, 0.2) is 0 Å². The molecule has 2 heteroatoms. The van der Waals surface area contributed by atoms with Gasteiger partial charge in [0.2, 0.25) is 0 Å². The SMILES string of the molecule is C=C(C)[C@@H]1CCC2CC[C@]3(C)C(CC[C@H]4C3CC[C@H]3C(C)(C)C(c5ccc(C(=O)O)cc5)=CC[C@]43C)[C@H]21. The van der Waals surface area contributed by atoms with Gasteiger partial charge in [-0.25, -0.2) is 4.79 Å². The summed E-state index contributed by atoms with van der Waals surface area (Å²) in [5, 5.41) is 9.36. The van der Waals surface area contributed by atoms with Crippen LogP contribution in [0.4, 0.5) is 0 Å². The fraction of sp³-hybridized carbons (Fsp3) is 0.686. The summed E-state index contributed by atoms with van der Waals surface area (Å²) in [6.45, 7) is 17.1. The second-order valence-electron chi connectivity index (χ2n) is 14.9. The predicted octanol–water partition coefficient (Wildman–Crippen LogP) is 9.28. The molecule has 0 spiro atoms. The Labute approximate surface area is 225 Å². The molecular weight excluding hydrogens is 452 g/mol. The molecule has 9 atom stereocenters. The average Bonchev–Trinajstić information content (AvgIpc) is 3.28. The van der Waals surface area contributed by atoms with Crippen molar-refractivity contribution >= 4 is 11.5 Å². The predicted molar refractivity (Wildman–Crippen MR) is 152 cm³/mol. The summed E-state index contributed by atoms with van der Waals surface area (Å²) < 4.78 is 0. The molecule has 4 saturated carbocycles. The topological polar surface area (TPSA) is 37.3 Å². The fourth-order valence-electron chi connectivity index (χ4n) is 11.5. The van der Waals surface area contributed by atoms with Crippen molar-refractivity contribution in [1.29, 1.82) is 0 Å². The molecule has 1 aromatic rings. The molecule has 0 radical (unpaired) electrons. The Kier molecular flexibility index (Phi) is 5.91. The van der Waals surface area contributed by atoms with Crippen molar-refractivity contribution < 1.29 is 9.90 Å². The molecule has 200 valence electrons. The van der Waals surface area contributed by atoms with E-state index in [-0.39, 0.29) is 5.41 Å². The zero-order chi connectivity index (χ0) is 26.3. The number of aromatic carboxylic acids is 1. The van der Waals surface area contributed by atoms with Crippen molar-refractivity contribution in [3.05, 3.63) is 53.6 Å². The number of benzene rings is 1. The van der Waals surface area contributed by atoms with Gasteiger partial charge < -0.3 is 5.11 Å². The number of carbonyl (C=O) groups is 1. The first-order chi connectivity index (χ1) is 17.5. The van der Waals surface area contributed by atoms with Gasteiger partial charge in [0.1, 0.15) is 0 Å². The lowest BCUT2D eigenvalue weighted by atomic mass is 9.38. The fourth-order valence-corrected chi connectivity index (χ4v) is 11.5. The summed E-state index contributed by atoms with van der Waals surface area (Å²) in [7, 11) is 0. The zero-order valence-electron chi connectivity index (χ0n) is 23.9. The van der Waals surface area contributed by atoms with E-state index in [2.05, 4.69) is 47.3 Å². The van der Waals surface area contributed by atoms with Gasteiger partial charge in [0.05, 0.1) is 5.56 Å². The molecule has 4 fully saturated rings. The summed E-state index contributed by atoms with van der Waals surface area (Å²) in [5.41, 5.74) is 5.41. The van der Waals surface area contributed by atoms with Crippen LogP contribution in [0, 0.1) is 57.7 Å². The molecule has 1 aromatic carbocycles. The maximum Gasteiger partial charge on any atom is 0.335 e. The monoisotopic (exact) mass is 500 g/mol. The lowest BCUT2D eigenvalue weighted by Gasteiger charge is -2.67. The first-order valence-corrected chi connectivity index (χ1v) is 15.2. The molecule has 0 bridgehead atoms. The Hall–Kier alpha value is -1.83. The number of hydrogen-bond acceptors (Lipinski definition) is 1. The van der Waals surface area contributed by atoms with Crippen LogP contribution < -0.4 is 0 Å². The Morgan fingerprint density at radius 2 is 1.51 bits per heavy atom. The minimum Gasteiger partial charge on any atom is -0.478 e. The molecule has 0 heterocycles. The minimum absolute atomic E-state index is 0.0919. The molecule has 6 rings (SSSR count). The van der Waals surface area contributed by atoms with E-state index in [4.69, 9.17) is 0 Å².